The lowest BCUT2D eigenvalue weighted by Gasteiger charge is -2.07. The normalized spacial score (nSPS) is 21.0. The molecule has 0 saturated carbocycles. The van der Waals surface area contributed by atoms with Crippen LogP contribution >= 0.6 is 11.6 Å². The van der Waals surface area contributed by atoms with Crippen molar-refractivity contribution in [2.45, 2.75) is 32.1 Å². The van der Waals surface area contributed by atoms with Crippen molar-refractivity contribution in [3.8, 4) is 0 Å². The number of aryl methyl sites for hydroxylation is 1. The first kappa shape index (κ1) is 8.12. The minimum absolute atomic E-state index is 0.789. The van der Waals surface area contributed by atoms with Gasteiger partial charge >= 0.3 is 0 Å². The van der Waals surface area contributed by atoms with E-state index in [0.717, 1.165) is 10.9 Å². The van der Waals surface area contributed by atoms with Crippen LogP contribution in [0.25, 0.3) is 0 Å². The summed E-state index contributed by atoms with van der Waals surface area (Å²) < 4.78 is 0. The fourth-order valence-corrected chi connectivity index (χ4v) is 2.29. The maximum absolute atomic E-state index is 5.91. The molecule has 0 aliphatic heterocycles. The van der Waals surface area contributed by atoms with E-state index in [0.29, 0.717) is 0 Å². The summed E-state index contributed by atoms with van der Waals surface area (Å²) in [6.07, 6.45) is 3.79. The van der Waals surface area contributed by atoms with Gasteiger partial charge in [0.05, 0.1) is 0 Å². The Balaban J connectivity index is 2.40. The van der Waals surface area contributed by atoms with Crippen LogP contribution in [0.5, 0.6) is 0 Å². The summed E-state index contributed by atoms with van der Waals surface area (Å²) >= 11 is 5.91. The molecule has 1 aliphatic rings. The Morgan fingerprint density at radius 3 is 3.08 bits per heavy atom. The molecule has 0 heterocycles. The number of fused-ring (bicyclic) bond motifs is 1. The number of halogens is 1. The fourth-order valence-electron chi connectivity index (χ4n) is 2.10. The quantitative estimate of drug-likeness (QED) is 0.617. The largest absolute Gasteiger partial charge is 0.0843 e. The zero-order valence-electron chi connectivity index (χ0n) is 7.31. The molecule has 0 saturated heterocycles. The van der Waals surface area contributed by atoms with Gasteiger partial charge in [0, 0.05) is 5.02 Å². The van der Waals surface area contributed by atoms with E-state index in [1.54, 1.807) is 0 Å². The fraction of sp³-hybridized carbons (Fsp3) is 0.455. The summed E-state index contributed by atoms with van der Waals surface area (Å²) in [6.45, 7) is 2.26. The third-order valence-electron chi connectivity index (χ3n) is 2.80. The van der Waals surface area contributed by atoms with E-state index in [-0.39, 0.29) is 0 Å². The molecule has 1 atom stereocenters. The topological polar surface area (TPSA) is 0 Å². The highest BCUT2D eigenvalue weighted by atomic mass is 35.5. The summed E-state index contributed by atoms with van der Waals surface area (Å²) in [5, 5.41) is 0.880. The minimum Gasteiger partial charge on any atom is -0.0843 e. The van der Waals surface area contributed by atoms with Crippen LogP contribution in [-0.4, -0.2) is 0 Å². The van der Waals surface area contributed by atoms with Crippen LogP contribution in [0.4, 0.5) is 0 Å². The molecule has 1 aliphatic carbocycles. The third-order valence-corrected chi connectivity index (χ3v) is 3.03. The summed E-state index contributed by atoms with van der Waals surface area (Å²) in [7, 11) is 0. The van der Waals surface area contributed by atoms with E-state index >= 15 is 0 Å². The van der Waals surface area contributed by atoms with Crippen LogP contribution < -0.4 is 0 Å². The van der Waals surface area contributed by atoms with Crippen molar-refractivity contribution in [2.75, 3.05) is 0 Å². The van der Waals surface area contributed by atoms with Gasteiger partial charge in [-0.3, -0.25) is 0 Å². The Bertz CT molecular complexity index is 291. The van der Waals surface area contributed by atoms with E-state index in [9.17, 15) is 0 Å². The monoisotopic (exact) mass is 180 g/mol. The van der Waals surface area contributed by atoms with Crippen LogP contribution in [0.1, 0.15) is 36.8 Å². The van der Waals surface area contributed by atoms with E-state index in [4.69, 9.17) is 11.6 Å². The van der Waals surface area contributed by atoms with Crippen LogP contribution in [0.2, 0.25) is 5.02 Å². The van der Waals surface area contributed by atoms with Crippen molar-refractivity contribution >= 4 is 11.6 Å². The van der Waals surface area contributed by atoms with Crippen molar-refractivity contribution in [1.82, 2.24) is 0 Å². The molecule has 0 radical (unpaired) electrons. The smallest absolute Gasteiger partial charge is 0.0408 e. The highest BCUT2D eigenvalue weighted by Gasteiger charge is 2.20. The van der Waals surface area contributed by atoms with Gasteiger partial charge in [-0.15, -0.1) is 0 Å². The van der Waals surface area contributed by atoms with Gasteiger partial charge < -0.3 is 0 Å². The van der Waals surface area contributed by atoms with Crippen molar-refractivity contribution in [3.05, 3.63) is 34.3 Å². The maximum Gasteiger partial charge on any atom is 0.0408 e. The maximum atomic E-state index is 5.91. The minimum atomic E-state index is 0.789. The summed E-state index contributed by atoms with van der Waals surface area (Å²) in [6, 6.07) is 6.32. The average molecular weight is 181 g/mol. The second kappa shape index (κ2) is 3.10. The number of rotatable bonds is 1. The number of hydrogen-bond acceptors (Lipinski definition) is 0. The van der Waals surface area contributed by atoms with Gasteiger partial charge in [0.15, 0.2) is 0 Å². The van der Waals surface area contributed by atoms with Gasteiger partial charge in [-0.25, -0.2) is 0 Å². The molecule has 0 aromatic heterocycles. The molecule has 1 aromatic carbocycles. The van der Waals surface area contributed by atoms with Crippen molar-refractivity contribution in [3.63, 3.8) is 0 Å². The molecule has 0 unspecified atom stereocenters. The molecule has 64 valence electrons. The second-order valence-corrected chi connectivity index (χ2v) is 3.92. The summed E-state index contributed by atoms with van der Waals surface area (Å²) in [4.78, 5) is 0. The Kier molecular flexibility index (Phi) is 2.10. The van der Waals surface area contributed by atoms with Crippen molar-refractivity contribution in [1.29, 1.82) is 0 Å². The average Bonchev–Trinajstić information content (AvgIpc) is 2.46. The molecular weight excluding hydrogens is 168 g/mol. The number of benzene rings is 1. The molecule has 1 heteroatoms. The molecule has 0 amide bonds. The predicted octanol–water partition coefficient (Wildman–Crippen LogP) is 3.78. The first-order valence-electron chi connectivity index (χ1n) is 4.59. The van der Waals surface area contributed by atoms with E-state index in [1.807, 2.05) is 6.07 Å². The van der Waals surface area contributed by atoms with Gasteiger partial charge in [0.25, 0.3) is 0 Å². The highest BCUT2D eigenvalue weighted by Crippen LogP contribution is 2.36. The third kappa shape index (κ3) is 1.25. The van der Waals surface area contributed by atoms with E-state index in [1.165, 1.54) is 30.4 Å². The lowest BCUT2D eigenvalue weighted by atomic mass is 9.99. The molecule has 12 heavy (non-hydrogen) atoms. The number of hydrogen-bond donors (Lipinski definition) is 0. The van der Waals surface area contributed by atoms with Crippen LogP contribution in [0.15, 0.2) is 18.2 Å². The van der Waals surface area contributed by atoms with Gasteiger partial charge in [-0.05, 0) is 48.4 Å². The van der Waals surface area contributed by atoms with Gasteiger partial charge in [-0.1, -0.05) is 24.6 Å². The van der Waals surface area contributed by atoms with Crippen molar-refractivity contribution in [2.24, 2.45) is 0 Å². The molecule has 1 aromatic rings. The Morgan fingerprint density at radius 2 is 2.33 bits per heavy atom. The zero-order chi connectivity index (χ0) is 8.55. The van der Waals surface area contributed by atoms with Gasteiger partial charge in [-0.2, -0.15) is 0 Å². The predicted molar refractivity (Wildman–Crippen MR) is 52.8 cm³/mol. The molecule has 0 spiro atoms. The standard InChI is InChI=1S/C11H13Cl/c1-2-8-3-4-9-7-10(12)5-6-11(8)9/h5-8H,2-4H2,1H3/t8-/m0/s1. The van der Waals surface area contributed by atoms with E-state index < -0.39 is 0 Å². The lowest BCUT2D eigenvalue weighted by molar-refractivity contribution is 0.656. The lowest BCUT2D eigenvalue weighted by Crippen LogP contribution is -1.89. The zero-order valence-corrected chi connectivity index (χ0v) is 8.06. The molecule has 2 rings (SSSR count). The molecular formula is C11H13Cl. The Morgan fingerprint density at radius 1 is 1.50 bits per heavy atom. The molecule has 0 N–H and O–H groups in total. The van der Waals surface area contributed by atoms with Crippen molar-refractivity contribution < 1.29 is 0 Å². The first-order valence-corrected chi connectivity index (χ1v) is 4.97. The Labute approximate surface area is 78.6 Å². The molecule has 0 bridgehead atoms. The summed E-state index contributed by atoms with van der Waals surface area (Å²) in [5.74, 6) is 0.789. The van der Waals surface area contributed by atoms with Gasteiger partial charge in [0.1, 0.15) is 0 Å². The second-order valence-electron chi connectivity index (χ2n) is 3.49. The molecule has 0 nitrogen and oxygen atoms in total. The van der Waals surface area contributed by atoms with Crippen LogP contribution in [0, 0.1) is 0 Å². The van der Waals surface area contributed by atoms with E-state index in [2.05, 4.69) is 19.1 Å². The van der Waals surface area contributed by atoms with Gasteiger partial charge in [0.2, 0.25) is 0 Å². The van der Waals surface area contributed by atoms with Crippen LogP contribution in [0.3, 0.4) is 0 Å². The summed E-state index contributed by atoms with van der Waals surface area (Å²) in [5.41, 5.74) is 3.00. The SMILES string of the molecule is CC[C@H]1CCc2cc(Cl)ccc21. The van der Waals surface area contributed by atoms with Crippen LogP contribution in [-0.2, 0) is 6.42 Å². The Hall–Kier alpha value is -0.490. The molecule has 0 fully saturated rings. The highest BCUT2D eigenvalue weighted by molar-refractivity contribution is 6.30. The first-order chi connectivity index (χ1) is 5.81.